The number of amides is 1. The number of fused-ring (bicyclic) bond motifs is 1. The molecule has 0 bridgehead atoms. The first-order valence-corrected chi connectivity index (χ1v) is 13.4. The van der Waals surface area contributed by atoms with Crippen LogP contribution in [0.3, 0.4) is 0 Å². The number of allylic oxidation sites excluding steroid dienone is 1. The molecule has 36 heavy (non-hydrogen) atoms. The fourth-order valence-electron chi connectivity index (χ4n) is 3.83. The van der Waals surface area contributed by atoms with Crippen LogP contribution in [0, 0.1) is 6.92 Å². The Morgan fingerprint density at radius 2 is 1.89 bits per heavy atom. The Morgan fingerprint density at radius 1 is 1.08 bits per heavy atom. The summed E-state index contributed by atoms with van der Waals surface area (Å²) in [6.45, 7) is 6.53. The second kappa shape index (κ2) is 10.9. The van der Waals surface area contributed by atoms with Crippen molar-refractivity contribution in [3.05, 3.63) is 102 Å². The summed E-state index contributed by atoms with van der Waals surface area (Å²) in [4.78, 5) is 17.4. The lowest BCUT2D eigenvalue weighted by atomic mass is 10.1. The van der Waals surface area contributed by atoms with Crippen LogP contribution in [0.5, 0.6) is 0 Å². The van der Waals surface area contributed by atoms with Gasteiger partial charge in [-0.25, -0.2) is 4.98 Å². The summed E-state index contributed by atoms with van der Waals surface area (Å²) in [5, 5.41) is 13.3. The number of hydrogen-bond donors (Lipinski definition) is 1. The van der Waals surface area contributed by atoms with Crippen LogP contribution in [-0.2, 0) is 17.8 Å². The van der Waals surface area contributed by atoms with Crippen molar-refractivity contribution in [3.63, 3.8) is 0 Å². The molecule has 0 fully saturated rings. The second-order valence-electron chi connectivity index (χ2n) is 8.36. The van der Waals surface area contributed by atoms with Gasteiger partial charge >= 0.3 is 0 Å². The van der Waals surface area contributed by atoms with Crippen molar-refractivity contribution >= 4 is 44.9 Å². The van der Waals surface area contributed by atoms with E-state index >= 15 is 0 Å². The van der Waals surface area contributed by atoms with Gasteiger partial charge in [-0.15, -0.1) is 28.1 Å². The minimum absolute atomic E-state index is 0.0963. The number of carbonyl (C=O) groups is 1. The Bertz CT molecular complexity index is 1510. The largest absolute Gasteiger partial charge is 0.325 e. The van der Waals surface area contributed by atoms with Crippen LogP contribution in [0.2, 0.25) is 0 Å². The summed E-state index contributed by atoms with van der Waals surface area (Å²) in [7, 11) is 0. The number of rotatable bonds is 9. The molecule has 3 aromatic carbocycles. The predicted octanol–water partition coefficient (Wildman–Crippen LogP) is 6.37. The molecule has 0 aliphatic rings. The molecule has 2 heterocycles. The normalized spacial score (nSPS) is 11.0. The van der Waals surface area contributed by atoms with Crippen LogP contribution >= 0.6 is 23.1 Å². The topological polar surface area (TPSA) is 72.7 Å². The fourth-order valence-corrected chi connectivity index (χ4v) is 5.66. The number of benzene rings is 3. The molecule has 0 unspecified atom stereocenters. The highest BCUT2D eigenvalue weighted by Gasteiger charge is 2.14. The molecule has 5 rings (SSSR count). The zero-order valence-electron chi connectivity index (χ0n) is 19.8. The third-order valence-electron chi connectivity index (χ3n) is 5.60. The van der Waals surface area contributed by atoms with Gasteiger partial charge in [-0.3, -0.25) is 4.79 Å². The predicted molar refractivity (Wildman–Crippen MR) is 149 cm³/mol. The van der Waals surface area contributed by atoms with E-state index < -0.39 is 0 Å². The Labute approximate surface area is 218 Å². The third kappa shape index (κ3) is 5.56. The van der Waals surface area contributed by atoms with Crippen LogP contribution in [0.25, 0.3) is 20.8 Å². The lowest BCUT2D eigenvalue weighted by Gasteiger charge is -2.08. The highest BCUT2D eigenvalue weighted by molar-refractivity contribution is 7.99. The summed E-state index contributed by atoms with van der Waals surface area (Å²) in [5.41, 5.74) is 5.17. The summed E-state index contributed by atoms with van der Waals surface area (Å²) in [5.74, 6) is 0.991. The molecular weight excluding hydrogens is 486 g/mol. The van der Waals surface area contributed by atoms with Crippen molar-refractivity contribution in [2.24, 2.45) is 0 Å². The van der Waals surface area contributed by atoms with E-state index in [0.717, 1.165) is 33.2 Å². The van der Waals surface area contributed by atoms with Gasteiger partial charge in [-0.1, -0.05) is 54.2 Å². The van der Waals surface area contributed by atoms with Gasteiger partial charge in [0.25, 0.3) is 0 Å². The molecule has 180 valence electrons. The van der Waals surface area contributed by atoms with Crippen LogP contribution in [-0.4, -0.2) is 31.4 Å². The van der Waals surface area contributed by atoms with E-state index in [-0.39, 0.29) is 11.7 Å². The second-order valence-corrected chi connectivity index (χ2v) is 10.3. The molecular formula is C28H25N5OS2. The zero-order chi connectivity index (χ0) is 24.9. The van der Waals surface area contributed by atoms with Gasteiger partial charge in [0.2, 0.25) is 5.91 Å². The van der Waals surface area contributed by atoms with E-state index in [9.17, 15) is 4.79 Å². The van der Waals surface area contributed by atoms with Crippen molar-refractivity contribution in [3.8, 4) is 10.6 Å². The lowest BCUT2D eigenvalue weighted by molar-refractivity contribution is -0.113. The molecule has 0 saturated carbocycles. The van der Waals surface area contributed by atoms with Gasteiger partial charge in [0.15, 0.2) is 5.16 Å². The van der Waals surface area contributed by atoms with E-state index in [4.69, 9.17) is 4.98 Å². The van der Waals surface area contributed by atoms with E-state index in [1.54, 1.807) is 11.3 Å². The first kappa shape index (κ1) is 24.0. The Hall–Kier alpha value is -3.75. The van der Waals surface area contributed by atoms with E-state index in [2.05, 4.69) is 59.3 Å². The first-order valence-electron chi connectivity index (χ1n) is 11.6. The minimum Gasteiger partial charge on any atom is -0.325 e. The molecule has 2 aromatic heterocycles. The number of aryl methyl sites for hydroxylation is 1. The molecule has 6 nitrogen and oxygen atoms in total. The molecule has 1 amide bonds. The monoisotopic (exact) mass is 511 g/mol. The zero-order valence-corrected chi connectivity index (χ0v) is 21.5. The van der Waals surface area contributed by atoms with Crippen LogP contribution in [0.15, 0.2) is 90.6 Å². The Kier molecular flexibility index (Phi) is 7.25. The van der Waals surface area contributed by atoms with Gasteiger partial charge in [-0.05, 0) is 54.4 Å². The van der Waals surface area contributed by atoms with Gasteiger partial charge in [0.05, 0.1) is 16.0 Å². The standard InChI is InChI=1S/C28H25N5OS2/c1-3-15-33-25(17-20-7-5-4-6-8-20)31-32-28(33)35-18-26(34)29-22-12-10-21(11-13-22)27-30-23-14-9-19(2)16-24(23)36-27/h3-14,16H,1,15,17-18H2,2H3,(H,29,34). The van der Waals surface area contributed by atoms with Crippen molar-refractivity contribution in [1.29, 1.82) is 0 Å². The number of hydrogen-bond acceptors (Lipinski definition) is 6. The number of carbonyl (C=O) groups excluding carboxylic acids is 1. The summed E-state index contributed by atoms with van der Waals surface area (Å²) >= 11 is 3.04. The van der Waals surface area contributed by atoms with Gasteiger partial charge in [0, 0.05) is 24.2 Å². The molecule has 0 aliphatic carbocycles. The minimum atomic E-state index is -0.0963. The SMILES string of the molecule is C=CCn1c(Cc2ccccc2)nnc1SCC(=O)Nc1ccc(-c2nc3ccc(C)cc3s2)cc1. The molecule has 5 aromatic rings. The van der Waals surface area contributed by atoms with Crippen molar-refractivity contribution < 1.29 is 4.79 Å². The van der Waals surface area contributed by atoms with Crippen molar-refractivity contribution in [2.75, 3.05) is 11.1 Å². The molecule has 0 radical (unpaired) electrons. The van der Waals surface area contributed by atoms with Gasteiger partial charge < -0.3 is 9.88 Å². The first-order chi connectivity index (χ1) is 17.6. The number of anilines is 1. The van der Waals surface area contributed by atoms with Crippen LogP contribution in [0.1, 0.15) is 17.0 Å². The van der Waals surface area contributed by atoms with Crippen LogP contribution in [0.4, 0.5) is 5.69 Å². The molecule has 0 atom stereocenters. The van der Waals surface area contributed by atoms with Gasteiger partial charge in [0.1, 0.15) is 10.8 Å². The van der Waals surface area contributed by atoms with Crippen molar-refractivity contribution in [1.82, 2.24) is 19.7 Å². The maximum Gasteiger partial charge on any atom is 0.234 e. The average molecular weight is 512 g/mol. The molecule has 0 spiro atoms. The Morgan fingerprint density at radius 3 is 2.67 bits per heavy atom. The summed E-state index contributed by atoms with van der Waals surface area (Å²) < 4.78 is 3.18. The summed E-state index contributed by atoms with van der Waals surface area (Å²) in [6, 6.07) is 24.2. The number of aromatic nitrogens is 4. The maximum atomic E-state index is 12.6. The highest BCUT2D eigenvalue weighted by atomic mass is 32.2. The number of nitrogens with zero attached hydrogens (tertiary/aromatic N) is 4. The number of thioether (sulfide) groups is 1. The smallest absolute Gasteiger partial charge is 0.234 e. The fraction of sp³-hybridized carbons (Fsp3) is 0.143. The van der Waals surface area contributed by atoms with Crippen LogP contribution < -0.4 is 5.32 Å². The molecule has 0 aliphatic heterocycles. The molecule has 0 saturated heterocycles. The average Bonchev–Trinajstić information content (AvgIpc) is 3.48. The van der Waals surface area contributed by atoms with E-state index in [0.29, 0.717) is 18.1 Å². The lowest BCUT2D eigenvalue weighted by Crippen LogP contribution is -2.14. The molecule has 8 heteroatoms. The van der Waals surface area contributed by atoms with E-state index in [1.165, 1.54) is 22.0 Å². The number of nitrogens with one attached hydrogen (secondary N) is 1. The van der Waals surface area contributed by atoms with Gasteiger partial charge in [-0.2, -0.15) is 0 Å². The van der Waals surface area contributed by atoms with E-state index in [1.807, 2.05) is 53.1 Å². The quantitative estimate of drug-likeness (QED) is 0.184. The molecule has 1 N–H and O–H groups in total. The number of thiazole rings is 1. The Balaban J connectivity index is 1.21. The maximum absolute atomic E-state index is 12.6. The van der Waals surface area contributed by atoms with Crippen molar-refractivity contribution in [2.45, 2.75) is 25.0 Å². The third-order valence-corrected chi connectivity index (χ3v) is 7.64. The summed E-state index contributed by atoms with van der Waals surface area (Å²) in [6.07, 6.45) is 2.49. The highest BCUT2D eigenvalue weighted by Crippen LogP contribution is 2.31.